The minimum atomic E-state index is -0.851. The zero-order valence-electron chi connectivity index (χ0n) is 20.3. The first kappa shape index (κ1) is 25.4. The van der Waals surface area contributed by atoms with Crippen molar-refractivity contribution in [1.82, 2.24) is 25.4 Å². The van der Waals surface area contributed by atoms with E-state index in [0.717, 1.165) is 6.20 Å². The van der Waals surface area contributed by atoms with E-state index in [2.05, 4.69) is 20.7 Å². The first-order chi connectivity index (χ1) is 18.2. The molecule has 12 heteroatoms. The SMILES string of the molecule is Cc1cc(-n2cc(F)cn2)c2cccc(OCc3c(Cl)cc(F)cc3[C@H](C)NC(=O)[C@@H]3COC(=O)N3)c2n1. The molecule has 2 atom stereocenters. The largest absolute Gasteiger partial charge is 0.487 e. The molecular formula is C26H22ClF2N5O4. The molecule has 196 valence electrons. The molecule has 3 heterocycles. The zero-order valence-corrected chi connectivity index (χ0v) is 21.1. The van der Waals surface area contributed by atoms with Crippen LogP contribution < -0.4 is 15.4 Å². The van der Waals surface area contributed by atoms with E-state index in [-0.39, 0.29) is 18.2 Å². The summed E-state index contributed by atoms with van der Waals surface area (Å²) in [5.74, 6) is -1.10. The fraction of sp³-hybridized carbons (Fsp3) is 0.231. The van der Waals surface area contributed by atoms with Crippen LogP contribution in [-0.2, 0) is 16.1 Å². The lowest BCUT2D eigenvalue weighted by Gasteiger charge is -2.21. The van der Waals surface area contributed by atoms with E-state index >= 15 is 0 Å². The van der Waals surface area contributed by atoms with Gasteiger partial charge in [0.05, 0.1) is 29.1 Å². The summed E-state index contributed by atoms with van der Waals surface area (Å²) < 4.78 is 40.3. The number of carbonyl (C=O) groups is 2. The monoisotopic (exact) mass is 541 g/mol. The number of pyridine rings is 1. The zero-order chi connectivity index (χ0) is 27.0. The maximum atomic E-state index is 14.3. The van der Waals surface area contributed by atoms with Crippen molar-refractivity contribution in [1.29, 1.82) is 0 Å². The number of nitrogens with zero attached hydrogens (tertiary/aromatic N) is 3. The van der Waals surface area contributed by atoms with Crippen LogP contribution in [0.2, 0.25) is 5.02 Å². The highest BCUT2D eigenvalue weighted by atomic mass is 35.5. The number of rotatable bonds is 7. The number of cyclic esters (lactones) is 1. The molecule has 2 amide bonds. The normalized spacial score (nSPS) is 15.7. The number of benzene rings is 2. The second kappa shape index (κ2) is 10.3. The highest BCUT2D eigenvalue weighted by Crippen LogP contribution is 2.32. The summed E-state index contributed by atoms with van der Waals surface area (Å²) in [6.45, 7) is 3.31. The van der Waals surface area contributed by atoms with Gasteiger partial charge >= 0.3 is 6.09 Å². The maximum absolute atomic E-state index is 14.3. The van der Waals surface area contributed by atoms with Gasteiger partial charge in [0.2, 0.25) is 5.91 Å². The Kier molecular flexibility index (Phi) is 6.85. The summed E-state index contributed by atoms with van der Waals surface area (Å²) in [7, 11) is 0. The number of aryl methyl sites for hydroxylation is 1. The molecule has 1 aliphatic heterocycles. The molecule has 1 saturated heterocycles. The predicted octanol–water partition coefficient (Wildman–Crippen LogP) is 4.53. The maximum Gasteiger partial charge on any atom is 0.407 e. The van der Waals surface area contributed by atoms with Crippen molar-refractivity contribution in [2.75, 3.05) is 6.61 Å². The van der Waals surface area contributed by atoms with E-state index in [4.69, 9.17) is 21.1 Å². The second-order valence-corrected chi connectivity index (χ2v) is 9.22. The number of halogens is 3. The molecule has 4 aromatic rings. The Morgan fingerprint density at radius 1 is 1.32 bits per heavy atom. The fourth-order valence-electron chi connectivity index (χ4n) is 4.30. The number of fused-ring (bicyclic) bond motifs is 1. The molecular weight excluding hydrogens is 520 g/mol. The molecule has 2 aromatic heterocycles. The molecule has 9 nitrogen and oxygen atoms in total. The number of nitrogens with one attached hydrogen (secondary N) is 2. The Hall–Kier alpha value is -4.25. The van der Waals surface area contributed by atoms with Crippen molar-refractivity contribution in [3.63, 3.8) is 0 Å². The number of hydrogen-bond acceptors (Lipinski definition) is 6. The van der Waals surface area contributed by atoms with Crippen molar-refractivity contribution >= 4 is 34.5 Å². The predicted molar refractivity (Wildman–Crippen MR) is 134 cm³/mol. The first-order valence-corrected chi connectivity index (χ1v) is 12.0. The second-order valence-electron chi connectivity index (χ2n) is 8.81. The average Bonchev–Trinajstić information content (AvgIpc) is 3.50. The van der Waals surface area contributed by atoms with Crippen molar-refractivity contribution in [3.8, 4) is 11.4 Å². The van der Waals surface area contributed by atoms with Gasteiger partial charge in [-0.2, -0.15) is 5.10 Å². The van der Waals surface area contributed by atoms with E-state index in [0.29, 0.717) is 39.2 Å². The molecule has 0 unspecified atom stereocenters. The minimum Gasteiger partial charge on any atom is -0.487 e. The van der Waals surface area contributed by atoms with Crippen LogP contribution in [0, 0.1) is 18.6 Å². The summed E-state index contributed by atoms with van der Waals surface area (Å²) in [6, 6.07) is 8.03. The smallest absolute Gasteiger partial charge is 0.407 e. The lowest BCUT2D eigenvalue weighted by molar-refractivity contribution is -0.123. The molecule has 0 bridgehead atoms. The lowest BCUT2D eigenvalue weighted by atomic mass is 10.0. The Labute approximate surface area is 220 Å². The number of hydrogen-bond donors (Lipinski definition) is 2. The highest BCUT2D eigenvalue weighted by Gasteiger charge is 2.30. The topological polar surface area (TPSA) is 107 Å². The van der Waals surface area contributed by atoms with Gasteiger partial charge in [-0.25, -0.2) is 23.2 Å². The van der Waals surface area contributed by atoms with Crippen LogP contribution in [0.25, 0.3) is 16.6 Å². The van der Waals surface area contributed by atoms with Crippen LogP contribution in [0.3, 0.4) is 0 Å². The number of amides is 2. The summed E-state index contributed by atoms with van der Waals surface area (Å²) >= 11 is 6.41. The first-order valence-electron chi connectivity index (χ1n) is 11.6. The van der Waals surface area contributed by atoms with Crippen LogP contribution in [0.15, 0.2) is 48.8 Å². The van der Waals surface area contributed by atoms with Gasteiger partial charge in [0.1, 0.15) is 36.3 Å². The number of alkyl carbamates (subject to hydrolysis) is 1. The third-order valence-corrected chi connectivity index (χ3v) is 6.43. The average molecular weight is 542 g/mol. The summed E-state index contributed by atoms with van der Waals surface area (Å²) in [4.78, 5) is 28.4. The van der Waals surface area contributed by atoms with E-state index in [1.165, 1.54) is 23.0 Å². The molecule has 0 radical (unpaired) electrons. The molecule has 2 aromatic carbocycles. The van der Waals surface area contributed by atoms with Crippen molar-refractivity contribution in [2.24, 2.45) is 0 Å². The van der Waals surface area contributed by atoms with Crippen LogP contribution >= 0.6 is 11.6 Å². The fourth-order valence-corrected chi connectivity index (χ4v) is 4.56. The molecule has 2 N–H and O–H groups in total. The van der Waals surface area contributed by atoms with Crippen molar-refractivity contribution in [2.45, 2.75) is 32.5 Å². The van der Waals surface area contributed by atoms with Gasteiger partial charge in [-0.05, 0) is 43.7 Å². The van der Waals surface area contributed by atoms with Gasteiger partial charge < -0.3 is 20.1 Å². The van der Waals surface area contributed by atoms with E-state index in [1.54, 1.807) is 32.0 Å². The highest BCUT2D eigenvalue weighted by molar-refractivity contribution is 6.31. The van der Waals surface area contributed by atoms with Gasteiger partial charge in [-0.1, -0.05) is 23.7 Å². The Morgan fingerprint density at radius 3 is 2.84 bits per heavy atom. The van der Waals surface area contributed by atoms with Gasteiger partial charge in [0.25, 0.3) is 0 Å². The van der Waals surface area contributed by atoms with E-state index in [1.807, 2.05) is 6.07 Å². The Balaban J connectivity index is 1.44. The third-order valence-electron chi connectivity index (χ3n) is 6.09. The van der Waals surface area contributed by atoms with Gasteiger partial charge in [-0.3, -0.25) is 4.79 Å². The lowest BCUT2D eigenvalue weighted by Crippen LogP contribution is -2.43. The van der Waals surface area contributed by atoms with Gasteiger partial charge in [0.15, 0.2) is 5.82 Å². The van der Waals surface area contributed by atoms with Crippen molar-refractivity contribution in [3.05, 3.63) is 82.3 Å². The molecule has 1 fully saturated rings. The van der Waals surface area contributed by atoms with Crippen LogP contribution in [0.4, 0.5) is 13.6 Å². The molecule has 5 rings (SSSR count). The quantitative estimate of drug-likeness (QED) is 0.356. The summed E-state index contributed by atoms with van der Waals surface area (Å²) in [5.41, 5.74) is 2.69. The van der Waals surface area contributed by atoms with Crippen LogP contribution in [0.1, 0.15) is 29.8 Å². The summed E-state index contributed by atoms with van der Waals surface area (Å²) in [6.07, 6.45) is 1.71. The molecule has 38 heavy (non-hydrogen) atoms. The molecule has 0 saturated carbocycles. The van der Waals surface area contributed by atoms with Gasteiger partial charge in [0, 0.05) is 16.6 Å². The Bertz CT molecular complexity index is 1560. The number of ether oxygens (including phenoxy) is 2. The molecule has 0 aliphatic carbocycles. The van der Waals surface area contributed by atoms with Crippen LogP contribution in [0.5, 0.6) is 5.75 Å². The van der Waals surface area contributed by atoms with Gasteiger partial charge in [-0.15, -0.1) is 0 Å². The van der Waals surface area contributed by atoms with Crippen molar-refractivity contribution < 1.29 is 27.8 Å². The van der Waals surface area contributed by atoms with E-state index < -0.39 is 35.7 Å². The number of para-hydroxylation sites is 1. The Morgan fingerprint density at radius 2 is 2.13 bits per heavy atom. The molecule has 1 aliphatic rings. The third kappa shape index (κ3) is 5.10. The standard InChI is InChI=1S/C26H22ClF2N5O4/c1-13-6-22(34-10-16(29)9-30-34)17-4-3-5-23(24(17)31-13)37-11-19-18(7-15(28)8-20(19)27)14(2)32-25(35)21-12-38-26(36)33-21/h3-10,14,21H,11-12H2,1-2H3,(H,32,35)(H,33,36)/t14-,21-/m0/s1. The minimum absolute atomic E-state index is 0.0571. The van der Waals surface area contributed by atoms with E-state index in [9.17, 15) is 18.4 Å². The number of aromatic nitrogens is 3. The number of carbonyl (C=O) groups excluding carboxylic acids is 2. The van der Waals surface area contributed by atoms with Crippen LogP contribution in [-0.4, -0.2) is 39.4 Å². The summed E-state index contributed by atoms with van der Waals surface area (Å²) in [5, 5.41) is 10.0. The molecule has 0 spiro atoms.